The summed E-state index contributed by atoms with van der Waals surface area (Å²) in [5.41, 5.74) is 5.20. The summed E-state index contributed by atoms with van der Waals surface area (Å²) in [6, 6.07) is 0. The topological polar surface area (TPSA) is 43.1 Å². The van der Waals surface area contributed by atoms with E-state index in [0.29, 0.717) is 13.0 Å². The third kappa shape index (κ3) is 5.63. The minimum Gasteiger partial charge on any atom is -0.330 e. The van der Waals surface area contributed by atoms with Gasteiger partial charge < -0.3 is 10.5 Å². The van der Waals surface area contributed by atoms with E-state index in [1.165, 1.54) is 0 Å². The Morgan fingerprint density at radius 1 is 1.50 bits per heavy atom. The highest BCUT2D eigenvalue weighted by atomic mass is 16.1. The van der Waals surface area contributed by atoms with Crippen molar-refractivity contribution in [2.45, 2.75) is 26.2 Å². The molecular formula is C6H13NO. The molecule has 0 aliphatic carbocycles. The van der Waals surface area contributed by atoms with Crippen molar-refractivity contribution in [3.63, 3.8) is 0 Å². The number of rotatable bonds is 4. The van der Waals surface area contributed by atoms with Crippen molar-refractivity contribution < 1.29 is 4.79 Å². The lowest BCUT2D eigenvalue weighted by atomic mass is 10.2. The van der Waals surface area contributed by atoms with E-state index in [1.54, 1.807) is 6.92 Å². The number of unbranched alkanes of at least 4 members (excludes halogenated alkanes) is 1. The van der Waals surface area contributed by atoms with Gasteiger partial charge in [-0.05, 0) is 26.3 Å². The maximum Gasteiger partial charge on any atom is 0.129 e. The minimum absolute atomic E-state index is 0.262. The number of ketones is 1. The molecule has 0 radical (unpaired) electrons. The third-order valence-electron chi connectivity index (χ3n) is 0.983. The van der Waals surface area contributed by atoms with Crippen LogP contribution < -0.4 is 5.73 Å². The molecule has 0 atom stereocenters. The standard InChI is InChI=1S/C6H13NO/c1-6(8)4-2-3-5-7/h2-5,7H2,1H3. The van der Waals surface area contributed by atoms with Crippen LogP contribution in [0.5, 0.6) is 0 Å². The van der Waals surface area contributed by atoms with E-state index in [1.807, 2.05) is 0 Å². The SMILES string of the molecule is CC(=O)CCCCN. The van der Waals surface area contributed by atoms with Crippen molar-refractivity contribution in [2.75, 3.05) is 6.54 Å². The summed E-state index contributed by atoms with van der Waals surface area (Å²) in [5, 5.41) is 0. The average Bonchev–Trinajstić information content (AvgIpc) is 1.66. The van der Waals surface area contributed by atoms with Crippen LogP contribution in [-0.4, -0.2) is 12.3 Å². The van der Waals surface area contributed by atoms with Gasteiger partial charge in [-0.25, -0.2) is 0 Å². The highest BCUT2D eigenvalue weighted by Crippen LogP contribution is 1.92. The first-order chi connectivity index (χ1) is 3.77. The number of hydrogen-bond acceptors (Lipinski definition) is 2. The molecule has 48 valence electrons. The molecule has 0 aliphatic heterocycles. The highest BCUT2D eigenvalue weighted by Gasteiger charge is 1.89. The van der Waals surface area contributed by atoms with Crippen molar-refractivity contribution in [1.29, 1.82) is 0 Å². The molecular weight excluding hydrogens is 102 g/mol. The third-order valence-corrected chi connectivity index (χ3v) is 0.983. The zero-order valence-electron chi connectivity index (χ0n) is 5.31. The van der Waals surface area contributed by atoms with Crippen LogP contribution in [0.4, 0.5) is 0 Å². The maximum atomic E-state index is 10.3. The van der Waals surface area contributed by atoms with Gasteiger partial charge in [-0.15, -0.1) is 0 Å². The predicted octanol–water partition coefficient (Wildman–Crippen LogP) is 0.704. The van der Waals surface area contributed by atoms with E-state index < -0.39 is 0 Å². The Morgan fingerprint density at radius 3 is 2.50 bits per heavy atom. The second-order valence-corrected chi connectivity index (χ2v) is 1.95. The lowest BCUT2D eigenvalue weighted by molar-refractivity contribution is -0.117. The van der Waals surface area contributed by atoms with Crippen LogP contribution in [-0.2, 0) is 4.79 Å². The van der Waals surface area contributed by atoms with E-state index in [9.17, 15) is 4.79 Å². The molecule has 8 heavy (non-hydrogen) atoms. The molecule has 0 bridgehead atoms. The van der Waals surface area contributed by atoms with Gasteiger partial charge in [0.05, 0.1) is 0 Å². The molecule has 2 N–H and O–H groups in total. The lowest BCUT2D eigenvalue weighted by Gasteiger charge is -1.90. The Hall–Kier alpha value is -0.370. The van der Waals surface area contributed by atoms with Crippen LogP contribution in [0.3, 0.4) is 0 Å². The molecule has 0 saturated heterocycles. The Balaban J connectivity index is 2.82. The second kappa shape index (κ2) is 4.78. The van der Waals surface area contributed by atoms with Gasteiger partial charge >= 0.3 is 0 Å². The number of carbonyl (C=O) groups excluding carboxylic acids is 1. The summed E-state index contributed by atoms with van der Waals surface area (Å²) in [5.74, 6) is 0.262. The molecule has 0 fully saturated rings. The quantitative estimate of drug-likeness (QED) is 0.548. The summed E-state index contributed by atoms with van der Waals surface area (Å²) in [4.78, 5) is 10.3. The molecule has 0 aromatic heterocycles. The number of Topliss-reactive ketones (excluding diaryl/α,β-unsaturated/α-hetero) is 1. The normalized spacial score (nSPS) is 9.25. The van der Waals surface area contributed by atoms with Crippen LogP contribution in [0.2, 0.25) is 0 Å². The molecule has 0 aromatic rings. The van der Waals surface area contributed by atoms with Crippen molar-refractivity contribution >= 4 is 5.78 Å². The van der Waals surface area contributed by atoms with Crippen molar-refractivity contribution in [2.24, 2.45) is 5.73 Å². The summed E-state index contributed by atoms with van der Waals surface area (Å²) >= 11 is 0. The fourth-order valence-corrected chi connectivity index (χ4v) is 0.518. The van der Waals surface area contributed by atoms with E-state index in [4.69, 9.17) is 5.73 Å². The van der Waals surface area contributed by atoms with Gasteiger partial charge in [0.15, 0.2) is 0 Å². The second-order valence-electron chi connectivity index (χ2n) is 1.95. The van der Waals surface area contributed by atoms with Gasteiger partial charge in [-0.1, -0.05) is 0 Å². The Bertz CT molecular complexity index is 70.9. The van der Waals surface area contributed by atoms with E-state index in [0.717, 1.165) is 12.8 Å². The molecule has 0 saturated carbocycles. The fourth-order valence-electron chi connectivity index (χ4n) is 0.518. The first-order valence-electron chi connectivity index (χ1n) is 2.97. The molecule has 0 rings (SSSR count). The van der Waals surface area contributed by atoms with Crippen molar-refractivity contribution in [3.05, 3.63) is 0 Å². The summed E-state index contributed by atoms with van der Waals surface area (Å²) in [6.45, 7) is 2.31. The Labute approximate surface area is 50.1 Å². The fraction of sp³-hybridized carbons (Fsp3) is 0.833. The summed E-state index contributed by atoms with van der Waals surface area (Å²) in [7, 11) is 0. The molecule has 0 aliphatic rings. The first kappa shape index (κ1) is 7.63. The van der Waals surface area contributed by atoms with Gasteiger partial charge in [0.25, 0.3) is 0 Å². The zero-order chi connectivity index (χ0) is 6.41. The van der Waals surface area contributed by atoms with Gasteiger partial charge in [-0.2, -0.15) is 0 Å². The number of hydrogen-bond donors (Lipinski definition) is 1. The van der Waals surface area contributed by atoms with Crippen LogP contribution in [0.15, 0.2) is 0 Å². The number of carbonyl (C=O) groups is 1. The van der Waals surface area contributed by atoms with E-state index in [-0.39, 0.29) is 5.78 Å². The largest absolute Gasteiger partial charge is 0.330 e. The van der Waals surface area contributed by atoms with Gasteiger partial charge in [-0.3, -0.25) is 0 Å². The molecule has 0 spiro atoms. The van der Waals surface area contributed by atoms with Crippen molar-refractivity contribution in [1.82, 2.24) is 0 Å². The molecule has 0 aromatic carbocycles. The molecule has 0 heterocycles. The summed E-state index contributed by atoms with van der Waals surface area (Å²) < 4.78 is 0. The average molecular weight is 115 g/mol. The predicted molar refractivity (Wildman–Crippen MR) is 33.6 cm³/mol. The van der Waals surface area contributed by atoms with Gasteiger partial charge in [0.1, 0.15) is 5.78 Å². The molecule has 0 amide bonds. The minimum atomic E-state index is 0.262. The van der Waals surface area contributed by atoms with Crippen LogP contribution >= 0.6 is 0 Å². The first-order valence-corrected chi connectivity index (χ1v) is 2.97. The lowest BCUT2D eigenvalue weighted by Crippen LogP contribution is -1.99. The monoisotopic (exact) mass is 115 g/mol. The van der Waals surface area contributed by atoms with E-state index >= 15 is 0 Å². The molecule has 0 unspecified atom stereocenters. The highest BCUT2D eigenvalue weighted by molar-refractivity contribution is 5.75. The van der Waals surface area contributed by atoms with Crippen LogP contribution in [0, 0.1) is 0 Å². The molecule has 2 nitrogen and oxygen atoms in total. The number of nitrogens with two attached hydrogens (primary N) is 1. The van der Waals surface area contributed by atoms with Gasteiger partial charge in [0.2, 0.25) is 0 Å². The smallest absolute Gasteiger partial charge is 0.129 e. The van der Waals surface area contributed by atoms with Crippen molar-refractivity contribution in [3.8, 4) is 0 Å². The zero-order valence-corrected chi connectivity index (χ0v) is 5.31. The van der Waals surface area contributed by atoms with Crippen LogP contribution in [0.1, 0.15) is 26.2 Å². The van der Waals surface area contributed by atoms with Crippen LogP contribution in [0.25, 0.3) is 0 Å². The summed E-state index contributed by atoms with van der Waals surface area (Å²) in [6.07, 6.45) is 2.61. The van der Waals surface area contributed by atoms with E-state index in [2.05, 4.69) is 0 Å². The molecule has 2 heteroatoms. The Kier molecular flexibility index (Phi) is 4.56. The van der Waals surface area contributed by atoms with Gasteiger partial charge in [0, 0.05) is 6.42 Å². The maximum absolute atomic E-state index is 10.3. The Morgan fingerprint density at radius 2 is 2.12 bits per heavy atom.